The molecule has 1 atom stereocenters. The van der Waals surface area contributed by atoms with Gasteiger partial charge in [0, 0.05) is 12.7 Å². The molecule has 0 aliphatic heterocycles. The van der Waals surface area contributed by atoms with E-state index in [-0.39, 0.29) is 0 Å². The number of aryl methyl sites for hydroxylation is 2. The van der Waals surface area contributed by atoms with E-state index < -0.39 is 17.9 Å². The van der Waals surface area contributed by atoms with Crippen molar-refractivity contribution in [3.63, 3.8) is 0 Å². The molecule has 18 heavy (non-hydrogen) atoms. The average molecular weight is 253 g/mol. The number of aliphatic carboxylic acids is 1. The molecule has 0 aromatic carbocycles. The number of hydrogen-bond acceptors (Lipinski definition) is 3. The largest absolute Gasteiger partial charge is 0.480 e. The van der Waals surface area contributed by atoms with Crippen LogP contribution < -0.4 is 5.32 Å². The molecule has 0 spiro atoms. The summed E-state index contributed by atoms with van der Waals surface area (Å²) in [5.74, 6) is -1.45. The van der Waals surface area contributed by atoms with Crippen molar-refractivity contribution >= 4 is 11.9 Å². The summed E-state index contributed by atoms with van der Waals surface area (Å²) < 4.78 is 1.72. The van der Waals surface area contributed by atoms with E-state index in [9.17, 15) is 9.59 Å². The zero-order valence-corrected chi connectivity index (χ0v) is 10.9. The molecule has 1 aromatic heterocycles. The first-order valence-electron chi connectivity index (χ1n) is 6.03. The second kappa shape index (κ2) is 6.18. The highest BCUT2D eigenvalue weighted by atomic mass is 16.4. The molecule has 0 bridgehead atoms. The smallest absolute Gasteiger partial charge is 0.325 e. The summed E-state index contributed by atoms with van der Waals surface area (Å²) in [4.78, 5) is 22.5. The molecule has 100 valence electrons. The van der Waals surface area contributed by atoms with E-state index in [1.165, 1.54) is 6.92 Å². The fourth-order valence-corrected chi connectivity index (χ4v) is 1.51. The number of nitrogens with zero attached hydrogens (tertiary/aromatic N) is 2. The zero-order valence-electron chi connectivity index (χ0n) is 10.9. The summed E-state index contributed by atoms with van der Waals surface area (Å²) in [6.07, 6.45) is 3.71. The van der Waals surface area contributed by atoms with Crippen LogP contribution in [0.5, 0.6) is 0 Å². The quantitative estimate of drug-likeness (QED) is 0.797. The van der Waals surface area contributed by atoms with Crippen LogP contribution in [0.15, 0.2) is 6.20 Å². The summed E-state index contributed by atoms with van der Waals surface area (Å²) >= 11 is 0. The number of carbonyl (C=O) groups excluding carboxylic acids is 1. The van der Waals surface area contributed by atoms with Crippen molar-refractivity contribution in [1.82, 2.24) is 15.1 Å². The maximum Gasteiger partial charge on any atom is 0.325 e. The summed E-state index contributed by atoms with van der Waals surface area (Å²) in [6.45, 7) is 6.01. The van der Waals surface area contributed by atoms with Gasteiger partial charge in [0.05, 0.1) is 11.3 Å². The maximum atomic E-state index is 11.8. The number of aromatic nitrogens is 2. The van der Waals surface area contributed by atoms with Gasteiger partial charge in [-0.15, -0.1) is 0 Å². The van der Waals surface area contributed by atoms with Gasteiger partial charge in [-0.3, -0.25) is 14.3 Å². The third-order valence-electron chi connectivity index (χ3n) is 2.65. The van der Waals surface area contributed by atoms with Crippen LogP contribution in [0.1, 0.15) is 42.7 Å². The van der Waals surface area contributed by atoms with Gasteiger partial charge < -0.3 is 10.4 Å². The molecule has 0 radical (unpaired) electrons. The molecule has 6 heteroatoms. The van der Waals surface area contributed by atoms with Crippen molar-refractivity contribution in [2.45, 2.75) is 46.2 Å². The molecule has 0 saturated heterocycles. The predicted octanol–water partition coefficient (Wildman–Crippen LogP) is 1.19. The Morgan fingerprint density at radius 3 is 2.78 bits per heavy atom. The van der Waals surface area contributed by atoms with Crippen LogP contribution in [0.2, 0.25) is 0 Å². The number of carboxylic acid groups (broad SMARTS) is 1. The van der Waals surface area contributed by atoms with Crippen molar-refractivity contribution in [3.05, 3.63) is 17.5 Å². The van der Waals surface area contributed by atoms with Crippen LogP contribution in [-0.2, 0) is 11.3 Å². The lowest BCUT2D eigenvalue weighted by atomic mass is 10.2. The first-order valence-corrected chi connectivity index (χ1v) is 6.03. The monoisotopic (exact) mass is 253 g/mol. The van der Waals surface area contributed by atoms with E-state index in [1.54, 1.807) is 17.8 Å². The Bertz CT molecular complexity index is 440. The Kier molecular flexibility index (Phi) is 4.88. The Morgan fingerprint density at radius 1 is 1.56 bits per heavy atom. The topological polar surface area (TPSA) is 84.2 Å². The third-order valence-corrected chi connectivity index (χ3v) is 2.65. The lowest BCUT2D eigenvalue weighted by molar-refractivity contribution is -0.138. The Balaban J connectivity index is 2.73. The lowest BCUT2D eigenvalue weighted by Gasteiger charge is -2.07. The fourth-order valence-electron chi connectivity index (χ4n) is 1.51. The summed E-state index contributed by atoms with van der Waals surface area (Å²) in [7, 11) is 0. The molecule has 1 amide bonds. The normalized spacial score (nSPS) is 12.2. The fraction of sp³-hybridized carbons (Fsp3) is 0.583. The Hall–Kier alpha value is -1.85. The minimum atomic E-state index is -1.06. The van der Waals surface area contributed by atoms with Gasteiger partial charge in [-0.1, -0.05) is 13.3 Å². The van der Waals surface area contributed by atoms with Crippen LogP contribution >= 0.6 is 0 Å². The van der Waals surface area contributed by atoms with Gasteiger partial charge in [0.1, 0.15) is 6.04 Å². The highest BCUT2D eigenvalue weighted by Crippen LogP contribution is 2.07. The minimum Gasteiger partial charge on any atom is -0.480 e. The van der Waals surface area contributed by atoms with Gasteiger partial charge in [-0.25, -0.2) is 0 Å². The summed E-state index contributed by atoms with van der Waals surface area (Å²) in [6, 6.07) is -0.907. The van der Waals surface area contributed by atoms with Crippen molar-refractivity contribution in [3.8, 4) is 0 Å². The highest BCUT2D eigenvalue weighted by molar-refractivity contribution is 5.97. The van der Waals surface area contributed by atoms with Gasteiger partial charge in [-0.05, 0) is 20.3 Å². The van der Waals surface area contributed by atoms with E-state index in [0.717, 1.165) is 19.4 Å². The lowest BCUT2D eigenvalue weighted by Crippen LogP contribution is -2.38. The molecule has 1 heterocycles. The van der Waals surface area contributed by atoms with Crippen LogP contribution in [0, 0.1) is 6.92 Å². The van der Waals surface area contributed by atoms with E-state index in [2.05, 4.69) is 17.3 Å². The second-order valence-corrected chi connectivity index (χ2v) is 4.28. The van der Waals surface area contributed by atoms with Crippen molar-refractivity contribution in [1.29, 1.82) is 0 Å². The van der Waals surface area contributed by atoms with E-state index >= 15 is 0 Å². The molecule has 0 fully saturated rings. The first-order chi connectivity index (χ1) is 8.45. The van der Waals surface area contributed by atoms with E-state index in [1.807, 2.05) is 0 Å². The number of carbonyl (C=O) groups is 2. The van der Waals surface area contributed by atoms with Crippen molar-refractivity contribution < 1.29 is 14.7 Å². The molecular weight excluding hydrogens is 234 g/mol. The van der Waals surface area contributed by atoms with E-state index in [0.29, 0.717) is 11.3 Å². The minimum absolute atomic E-state index is 0.398. The van der Waals surface area contributed by atoms with Gasteiger partial charge in [-0.2, -0.15) is 5.10 Å². The molecular formula is C12H19N3O3. The predicted molar refractivity (Wildman–Crippen MR) is 66.4 cm³/mol. The highest BCUT2D eigenvalue weighted by Gasteiger charge is 2.18. The number of carboxylic acids is 1. The molecule has 0 aliphatic carbocycles. The maximum absolute atomic E-state index is 11.8. The molecule has 0 aliphatic rings. The standard InChI is InChI=1S/C12H19N3O3/c1-4-5-6-15-7-10(8(2)14-15)11(16)13-9(3)12(17)18/h7,9H,4-6H2,1-3H3,(H,13,16)(H,17,18)/t9-/m0/s1. The van der Waals surface area contributed by atoms with Crippen molar-refractivity contribution in [2.24, 2.45) is 0 Å². The molecule has 2 N–H and O–H groups in total. The average Bonchev–Trinajstić information content (AvgIpc) is 2.67. The van der Waals surface area contributed by atoms with Gasteiger partial charge in [0.2, 0.25) is 0 Å². The van der Waals surface area contributed by atoms with E-state index in [4.69, 9.17) is 5.11 Å². The van der Waals surface area contributed by atoms with Crippen LogP contribution in [0.25, 0.3) is 0 Å². The van der Waals surface area contributed by atoms with Crippen molar-refractivity contribution in [2.75, 3.05) is 0 Å². The molecule has 6 nitrogen and oxygen atoms in total. The van der Waals surface area contributed by atoms with Crippen LogP contribution in [0.3, 0.4) is 0 Å². The van der Waals surface area contributed by atoms with Crippen LogP contribution in [-0.4, -0.2) is 32.8 Å². The van der Waals surface area contributed by atoms with Gasteiger partial charge >= 0.3 is 5.97 Å². The molecule has 0 saturated carbocycles. The number of hydrogen-bond donors (Lipinski definition) is 2. The second-order valence-electron chi connectivity index (χ2n) is 4.28. The van der Waals surface area contributed by atoms with Crippen LogP contribution in [0.4, 0.5) is 0 Å². The SMILES string of the molecule is CCCCn1cc(C(=O)N[C@@H](C)C(=O)O)c(C)n1. The Morgan fingerprint density at radius 2 is 2.22 bits per heavy atom. The van der Waals surface area contributed by atoms with Gasteiger partial charge in [0.15, 0.2) is 0 Å². The first kappa shape index (κ1) is 14.2. The number of nitrogens with one attached hydrogen (secondary N) is 1. The molecule has 0 unspecified atom stereocenters. The Labute approximate surface area is 106 Å². The third kappa shape index (κ3) is 3.58. The number of rotatable bonds is 6. The number of amides is 1. The number of unbranched alkanes of at least 4 members (excludes halogenated alkanes) is 1. The van der Waals surface area contributed by atoms with Gasteiger partial charge in [0.25, 0.3) is 5.91 Å². The molecule has 1 rings (SSSR count). The summed E-state index contributed by atoms with van der Waals surface area (Å²) in [5.41, 5.74) is 1.04. The zero-order chi connectivity index (χ0) is 13.7. The summed E-state index contributed by atoms with van der Waals surface area (Å²) in [5, 5.41) is 15.4. The molecule has 1 aromatic rings.